The molecule has 0 saturated heterocycles. The molecule has 0 bridgehead atoms. The zero-order chi connectivity index (χ0) is 12.0. The predicted molar refractivity (Wildman–Crippen MR) is 68.0 cm³/mol. The van der Waals surface area contributed by atoms with Crippen molar-refractivity contribution in [2.45, 2.75) is 39.7 Å². The number of hydrogen-bond donors (Lipinski definition) is 1. The second-order valence-electron chi connectivity index (χ2n) is 5.06. The van der Waals surface area contributed by atoms with Crippen LogP contribution in [0.5, 0.6) is 0 Å². The normalized spacial score (nSPS) is 12.8. The third-order valence-electron chi connectivity index (χ3n) is 2.16. The third kappa shape index (κ3) is 5.58. The van der Waals surface area contributed by atoms with Crippen LogP contribution >= 0.6 is 0 Å². The molecule has 1 rings (SSSR count). The highest BCUT2D eigenvalue weighted by molar-refractivity contribution is 5.16. The molecule has 1 unspecified atom stereocenters. The van der Waals surface area contributed by atoms with E-state index in [0.717, 1.165) is 6.42 Å². The highest BCUT2D eigenvalue weighted by atomic mass is 16.3. The summed E-state index contributed by atoms with van der Waals surface area (Å²) < 4.78 is 0. The molecule has 0 aromatic heterocycles. The van der Waals surface area contributed by atoms with Crippen molar-refractivity contribution in [3.8, 4) is 11.8 Å². The summed E-state index contributed by atoms with van der Waals surface area (Å²) in [4.78, 5) is 0. The molecule has 0 aliphatic heterocycles. The molecular weight excluding hydrogens is 196 g/mol. The minimum atomic E-state index is -0.514. The van der Waals surface area contributed by atoms with Gasteiger partial charge in [0.05, 0.1) is 0 Å². The summed E-state index contributed by atoms with van der Waals surface area (Å²) in [6.45, 7) is 6.14. The second-order valence-corrected chi connectivity index (χ2v) is 5.06. The van der Waals surface area contributed by atoms with E-state index >= 15 is 0 Å². The maximum absolute atomic E-state index is 9.70. The van der Waals surface area contributed by atoms with Gasteiger partial charge in [0.25, 0.3) is 0 Å². The molecule has 86 valence electrons. The summed E-state index contributed by atoms with van der Waals surface area (Å²) in [6.07, 6.45) is 1.06. The fourth-order valence-electron chi connectivity index (χ4n) is 1.32. The standard InChI is InChI=1S/C15H20O/c1-15(2,3)12-11-14(16)10-9-13-7-5-4-6-8-13/h4-8,14,16H,9-10H2,1-3H3. The zero-order valence-corrected chi connectivity index (χ0v) is 10.3. The third-order valence-corrected chi connectivity index (χ3v) is 2.16. The second kappa shape index (κ2) is 5.72. The lowest BCUT2D eigenvalue weighted by Gasteiger charge is -2.09. The Labute approximate surface area is 98.5 Å². The summed E-state index contributed by atoms with van der Waals surface area (Å²) >= 11 is 0. The molecule has 0 saturated carbocycles. The number of benzene rings is 1. The highest BCUT2D eigenvalue weighted by Gasteiger charge is 2.05. The molecular formula is C15H20O. The van der Waals surface area contributed by atoms with Crippen molar-refractivity contribution < 1.29 is 5.11 Å². The average molecular weight is 216 g/mol. The van der Waals surface area contributed by atoms with Gasteiger partial charge in [-0.25, -0.2) is 0 Å². The first-order valence-corrected chi connectivity index (χ1v) is 5.72. The van der Waals surface area contributed by atoms with E-state index in [-0.39, 0.29) is 5.41 Å². The summed E-state index contributed by atoms with van der Waals surface area (Å²) in [6, 6.07) is 10.2. The molecule has 0 radical (unpaired) electrons. The van der Waals surface area contributed by atoms with Crippen LogP contribution in [0.15, 0.2) is 30.3 Å². The molecule has 1 aromatic rings. The first-order chi connectivity index (χ1) is 7.47. The molecule has 0 aliphatic rings. The van der Waals surface area contributed by atoms with Gasteiger partial charge in [0.15, 0.2) is 0 Å². The summed E-state index contributed by atoms with van der Waals surface area (Å²) in [5.74, 6) is 5.96. The smallest absolute Gasteiger partial charge is 0.115 e. The van der Waals surface area contributed by atoms with Gasteiger partial charge in [-0.1, -0.05) is 42.2 Å². The lowest BCUT2D eigenvalue weighted by Crippen LogP contribution is -2.07. The fourth-order valence-corrected chi connectivity index (χ4v) is 1.32. The summed E-state index contributed by atoms with van der Waals surface area (Å²) in [5, 5.41) is 9.70. The van der Waals surface area contributed by atoms with Crippen LogP contribution in [0.25, 0.3) is 0 Å². The lowest BCUT2D eigenvalue weighted by atomic mass is 9.97. The van der Waals surface area contributed by atoms with Gasteiger partial charge >= 0.3 is 0 Å². The van der Waals surface area contributed by atoms with Gasteiger partial charge in [0, 0.05) is 5.41 Å². The predicted octanol–water partition coefficient (Wildman–Crippen LogP) is 3.03. The minimum absolute atomic E-state index is 0.0340. The molecule has 1 heteroatoms. The van der Waals surface area contributed by atoms with Crippen molar-refractivity contribution >= 4 is 0 Å². The Morgan fingerprint density at radius 3 is 2.38 bits per heavy atom. The Balaban J connectivity index is 2.41. The quantitative estimate of drug-likeness (QED) is 0.770. The molecule has 1 aromatic carbocycles. The average Bonchev–Trinajstić information content (AvgIpc) is 2.24. The van der Waals surface area contributed by atoms with Gasteiger partial charge in [0.2, 0.25) is 0 Å². The molecule has 1 N–H and O–H groups in total. The van der Waals surface area contributed by atoms with Crippen LogP contribution in [0, 0.1) is 17.3 Å². The van der Waals surface area contributed by atoms with Crippen LogP contribution in [-0.4, -0.2) is 11.2 Å². The van der Waals surface area contributed by atoms with Crippen molar-refractivity contribution in [3.05, 3.63) is 35.9 Å². The molecule has 0 fully saturated rings. The molecule has 1 nitrogen and oxygen atoms in total. The summed E-state index contributed by atoms with van der Waals surface area (Å²) in [7, 11) is 0. The number of rotatable bonds is 3. The molecule has 16 heavy (non-hydrogen) atoms. The molecule has 0 heterocycles. The Morgan fingerprint density at radius 1 is 1.19 bits per heavy atom. The Bertz CT molecular complexity index is 362. The molecule has 1 atom stereocenters. The SMILES string of the molecule is CC(C)(C)C#CC(O)CCc1ccccc1. The van der Waals surface area contributed by atoms with Gasteiger partial charge in [-0.3, -0.25) is 0 Å². The van der Waals surface area contributed by atoms with Crippen LogP contribution in [0.4, 0.5) is 0 Å². The van der Waals surface area contributed by atoms with Gasteiger partial charge in [-0.15, -0.1) is 0 Å². The Kier molecular flexibility index (Phi) is 4.58. The number of hydrogen-bond acceptors (Lipinski definition) is 1. The van der Waals surface area contributed by atoms with Crippen molar-refractivity contribution in [3.63, 3.8) is 0 Å². The van der Waals surface area contributed by atoms with Crippen LogP contribution in [-0.2, 0) is 6.42 Å². The number of aliphatic hydroxyl groups is 1. The van der Waals surface area contributed by atoms with E-state index in [0.29, 0.717) is 6.42 Å². The van der Waals surface area contributed by atoms with Gasteiger partial charge in [-0.05, 0) is 39.2 Å². The van der Waals surface area contributed by atoms with E-state index < -0.39 is 6.10 Å². The highest BCUT2D eigenvalue weighted by Crippen LogP contribution is 2.10. The number of aliphatic hydroxyl groups excluding tert-OH is 1. The fraction of sp³-hybridized carbons (Fsp3) is 0.467. The maximum Gasteiger partial charge on any atom is 0.115 e. The van der Waals surface area contributed by atoms with E-state index in [9.17, 15) is 5.11 Å². The largest absolute Gasteiger partial charge is 0.380 e. The van der Waals surface area contributed by atoms with Gasteiger partial charge < -0.3 is 5.11 Å². The van der Waals surface area contributed by atoms with Gasteiger partial charge in [-0.2, -0.15) is 0 Å². The van der Waals surface area contributed by atoms with Crippen molar-refractivity contribution in [1.29, 1.82) is 0 Å². The number of aryl methyl sites for hydroxylation is 1. The maximum atomic E-state index is 9.70. The van der Waals surface area contributed by atoms with E-state index in [1.165, 1.54) is 5.56 Å². The van der Waals surface area contributed by atoms with Crippen molar-refractivity contribution in [1.82, 2.24) is 0 Å². The van der Waals surface area contributed by atoms with E-state index in [1.807, 2.05) is 39.0 Å². The summed E-state index contributed by atoms with van der Waals surface area (Å²) in [5.41, 5.74) is 1.22. The first kappa shape index (κ1) is 12.8. The van der Waals surface area contributed by atoms with Crippen LogP contribution in [0.1, 0.15) is 32.8 Å². The van der Waals surface area contributed by atoms with Crippen molar-refractivity contribution in [2.24, 2.45) is 5.41 Å². The molecule has 0 spiro atoms. The zero-order valence-electron chi connectivity index (χ0n) is 10.3. The molecule has 0 aliphatic carbocycles. The van der Waals surface area contributed by atoms with Crippen LogP contribution < -0.4 is 0 Å². The van der Waals surface area contributed by atoms with Crippen LogP contribution in [0.3, 0.4) is 0 Å². The molecule has 0 amide bonds. The minimum Gasteiger partial charge on any atom is -0.380 e. The Morgan fingerprint density at radius 2 is 1.81 bits per heavy atom. The Hall–Kier alpha value is -1.26. The lowest BCUT2D eigenvalue weighted by molar-refractivity contribution is 0.222. The topological polar surface area (TPSA) is 20.2 Å². The van der Waals surface area contributed by atoms with E-state index in [4.69, 9.17) is 0 Å². The van der Waals surface area contributed by atoms with E-state index in [1.54, 1.807) is 0 Å². The van der Waals surface area contributed by atoms with Gasteiger partial charge in [0.1, 0.15) is 6.10 Å². The van der Waals surface area contributed by atoms with Crippen LogP contribution in [0.2, 0.25) is 0 Å². The van der Waals surface area contributed by atoms with Crippen molar-refractivity contribution in [2.75, 3.05) is 0 Å². The van der Waals surface area contributed by atoms with E-state index in [2.05, 4.69) is 24.0 Å². The monoisotopic (exact) mass is 216 g/mol. The first-order valence-electron chi connectivity index (χ1n) is 5.72.